The first-order valence-electron chi connectivity index (χ1n) is 4.28. The van der Waals surface area contributed by atoms with Crippen LogP contribution in [0.25, 0.3) is 0 Å². The monoisotopic (exact) mass is 186 g/mol. The second-order valence-electron chi connectivity index (χ2n) is 3.36. The largest absolute Gasteiger partial charge is 0.452 e. The van der Waals surface area contributed by atoms with E-state index < -0.39 is 24.3 Å². The summed E-state index contributed by atoms with van der Waals surface area (Å²) in [5, 5.41) is 18.2. The summed E-state index contributed by atoms with van der Waals surface area (Å²) in [6, 6.07) is 0. The van der Waals surface area contributed by atoms with Gasteiger partial charge in [-0.15, -0.1) is 0 Å². The highest BCUT2D eigenvalue weighted by molar-refractivity contribution is 5.91. The zero-order valence-electron chi connectivity index (χ0n) is 7.73. The molecule has 0 radical (unpaired) electrons. The molecule has 0 saturated heterocycles. The van der Waals surface area contributed by atoms with Crippen LogP contribution in [0.3, 0.4) is 0 Å². The van der Waals surface area contributed by atoms with Crippen molar-refractivity contribution in [2.24, 2.45) is 0 Å². The van der Waals surface area contributed by atoms with Crippen molar-refractivity contribution >= 4 is 5.97 Å². The van der Waals surface area contributed by atoms with E-state index in [-0.39, 0.29) is 6.42 Å². The summed E-state index contributed by atoms with van der Waals surface area (Å²) in [5.74, 6) is -0.438. The third-order valence-corrected chi connectivity index (χ3v) is 1.86. The molecule has 4 nitrogen and oxygen atoms in total. The van der Waals surface area contributed by atoms with Crippen LogP contribution in [0, 0.1) is 0 Å². The number of ether oxygens (including phenoxy) is 1. The van der Waals surface area contributed by atoms with Gasteiger partial charge in [0, 0.05) is 12.0 Å². The fraction of sp³-hybridized carbons (Fsp3) is 0.667. The molecule has 4 heteroatoms. The predicted molar refractivity (Wildman–Crippen MR) is 45.9 cm³/mol. The number of rotatable bonds is 3. The van der Waals surface area contributed by atoms with E-state index in [4.69, 9.17) is 14.9 Å². The second-order valence-corrected chi connectivity index (χ2v) is 3.36. The van der Waals surface area contributed by atoms with Crippen molar-refractivity contribution in [2.75, 3.05) is 0 Å². The summed E-state index contributed by atoms with van der Waals surface area (Å²) < 4.78 is 4.84. The third-order valence-electron chi connectivity index (χ3n) is 1.86. The van der Waals surface area contributed by atoms with Crippen molar-refractivity contribution in [3.63, 3.8) is 0 Å². The normalized spacial score (nSPS) is 26.6. The average Bonchev–Trinajstić information content (AvgIpc) is 2.31. The smallest absolute Gasteiger partial charge is 0.334 e. The number of carbonyl (C=O) groups excluding carboxylic acids is 1. The second kappa shape index (κ2) is 3.89. The highest BCUT2D eigenvalue weighted by Crippen LogP contribution is 2.20. The van der Waals surface area contributed by atoms with E-state index in [1.54, 1.807) is 19.9 Å². The minimum absolute atomic E-state index is 0.280. The summed E-state index contributed by atoms with van der Waals surface area (Å²) in [4.78, 5) is 11.1. The Bertz CT molecular complexity index is 230. The molecule has 0 amide bonds. The van der Waals surface area contributed by atoms with E-state index in [1.807, 2.05) is 0 Å². The lowest BCUT2D eigenvalue weighted by atomic mass is 10.1. The zero-order chi connectivity index (χ0) is 10.0. The van der Waals surface area contributed by atoms with Crippen LogP contribution in [-0.2, 0) is 9.53 Å². The lowest BCUT2D eigenvalue weighted by Gasteiger charge is -2.09. The van der Waals surface area contributed by atoms with Crippen LogP contribution in [0.2, 0.25) is 0 Å². The Hall–Kier alpha value is -0.870. The zero-order valence-corrected chi connectivity index (χ0v) is 7.73. The highest BCUT2D eigenvalue weighted by atomic mass is 16.6. The first-order valence-corrected chi connectivity index (χ1v) is 4.28. The number of hydrogen-bond acceptors (Lipinski definition) is 4. The Morgan fingerprint density at radius 3 is 2.54 bits per heavy atom. The lowest BCUT2D eigenvalue weighted by molar-refractivity contribution is -0.143. The molecule has 0 aromatic rings. The van der Waals surface area contributed by atoms with Gasteiger partial charge in [-0.2, -0.15) is 0 Å². The van der Waals surface area contributed by atoms with Gasteiger partial charge >= 0.3 is 5.97 Å². The van der Waals surface area contributed by atoms with E-state index in [1.165, 1.54) is 0 Å². The maximum absolute atomic E-state index is 11.1. The molecule has 0 saturated carbocycles. The maximum atomic E-state index is 11.1. The van der Waals surface area contributed by atoms with E-state index in [9.17, 15) is 4.79 Å². The number of cyclic esters (lactones) is 1. The Balaban J connectivity index is 2.63. The van der Waals surface area contributed by atoms with Gasteiger partial charge in [-0.3, -0.25) is 0 Å². The van der Waals surface area contributed by atoms with Gasteiger partial charge in [-0.05, 0) is 19.9 Å². The van der Waals surface area contributed by atoms with Gasteiger partial charge in [-0.25, -0.2) is 4.79 Å². The Morgan fingerprint density at radius 2 is 2.15 bits per heavy atom. The Labute approximate surface area is 76.8 Å². The van der Waals surface area contributed by atoms with Crippen LogP contribution >= 0.6 is 0 Å². The van der Waals surface area contributed by atoms with Crippen molar-refractivity contribution in [1.29, 1.82) is 0 Å². The molecule has 1 rings (SSSR count). The summed E-state index contributed by atoms with van der Waals surface area (Å²) >= 11 is 0. The van der Waals surface area contributed by atoms with Gasteiger partial charge in [-0.1, -0.05) is 0 Å². The molecule has 2 N–H and O–H groups in total. The summed E-state index contributed by atoms with van der Waals surface area (Å²) in [6.45, 7) is 3.16. The van der Waals surface area contributed by atoms with Crippen LogP contribution in [0.5, 0.6) is 0 Å². The molecule has 1 heterocycles. The van der Waals surface area contributed by atoms with Crippen LogP contribution < -0.4 is 0 Å². The standard InChI is InChI=1S/C9H14O4/c1-5(10)3-7-4-8(6(2)11)13-9(7)12/h4-6,8,10-11H,3H2,1-2H3/t5-,6-,8-/m0/s1. The Morgan fingerprint density at radius 1 is 1.54 bits per heavy atom. The van der Waals surface area contributed by atoms with E-state index in [2.05, 4.69) is 0 Å². The first-order chi connectivity index (χ1) is 6.00. The fourth-order valence-electron chi connectivity index (χ4n) is 1.21. The molecule has 0 aromatic carbocycles. The third kappa shape index (κ3) is 2.54. The van der Waals surface area contributed by atoms with Crippen LogP contribution in [0.15, 0.2) is 11.6 Å². The van der Waals surface area contributed by atoms with Crippen LogP contribution in [-0.4, -0.2) is 34.5 Å². The number of carbonyl (C=O) groups is 1. The average molecular weight is 186 g/mol. The molecule has 0 fully saturated rings. The molecule has 74 valence electrons. The number of aliphatic hydroxyl groups excluding tert-OH is 2. The summed E-state index contributed by atoms with van der Waals surface area (Å²) in [5.41, 5.74) is 0.445. The molecular formula is C9H14O4. The van der Waals surface area contributed by atoms with Gasteiger partial charge in [0.15, 0.2) is 0 Å². The Kier molecular flexibility index (Phi) is 3.06. The molecule has 3 atom stereocenters. The molecule has 1 aliphatic heterocycles. The van der Waals surface area contributed by atoms with Gasteiger partial charge in [0.25, 0.3) is 0 Å². The summed E-state index contributed by atoms with van der Waals surface area (Å²) in [6.07, 6.45) is 0.0325. The predicted octanol–water partition coefficient (Wildman–Crippen LogP) is -0.0101. The molecule has 0 aliphatic carbocycles. The maximum Gasteiger partial charge on any atom is 0.334 e. The van der Waals surface area contributed by atoms with Crippen molar-refractivity contribution in [3.8, 4) is 0 Å². The molecule has 0 aromatic heterocycles. The number of aliphatic hydroxyl groups is 2. The highest BCUT2D eigenvalue weighted by Gasteiger charge is 2.28. The fourth-order valence-corrected chi connectivity index (χ4v) is 1.21. The number of hydrogen-bond donors (Lipinski definition) is 2. The van der Waals surface area contributed by atoms with E-state index in [0.717, 1.165) is 0 Å². The first kappa shape index (κ1) is 10.2. The van der Waals surface area contributed by atoms with Gasteiger partial charge in [0.1, 0.15) is 6.10 Å². The van der Waals surface area contributed by atoms with Crippen molar-refractivity contribution < 1.29 is 19.7 Å². The topological polar surface area (TPSA) is 66.8 Å². The number of esters is 1. The lowest BCUT2D eigenvalue weighted by Crippen LogP contribution is -2.21. The van der Waals surface area contributed by atoms with Gasteiger partial charge in [0.2, 0.25) is 0 Å². The molecule has 0 unspecified atom stereocenters. The van der Waals surface area contributed by atoms with Crippen molar-refractivity contribution in [2.45, 2.75) is 38.6 Å². The van der Waals surface area contributed by atoms with Crippen LogP contribution in [0.1, 0.15) is 20.3 Å². The van der Waals surface area contributed by atoms with Crippen molar-refractivity contribution in [3.05, 3.63) is 11.6 Å². The van der Waals surface area contributed by atoms with E-state index in [0.29, 0.717) is 5.57 Å². The molecule has 0 bridgehead atoms. The molecule has 0 spiro atoms. The summed E-state index contributed by atoms with van der Waals surface area (Å²) in [7, 11) is 0. The quantitative estimate of drug-likeness (QED) is 0.608. The minimum atomic E-state index is -0.699. The van der Waals surface area contributed by atoms with Crippen LogP contribution in [0.4, 0.5) is 0 Å². The van der Waals surface area contributed by atoms with Gasteiger partial charge < -0.3 is 14.9 Å². The molecule has 13 heavy (non-hydrogen) atoms. The van der Waals surface area contributed by atoms with E-state index >= 15 is 0 Å². The SMILES string of the molecule is C[C@H](O)CC1=C[C@@H]([C@H](C)O)OC1=O. The van der Waals surface area contributed by atoms with Gasteiger partial charge in [0.05, 0.1) is 12.2 Å². The minimum Gasteiger partial charge on any atom is -0.452 e. The van der Waals surface area contributed by atoms with Crippen molar-refractivity contribution in [1.82, 2.24) is 0 Å². The molecular weight excluding hydrogens is 172 g/mol. The molecule has 1 aliphatic rings.